The van der Waals surface area contributed by atoms with Crippen molar-refractivity contribution in [3.05, 3.63) is 57.5 Å². The van der Waals surface area contributed by atoms with Crippen LogP contribution >= 0.6 is 0 Å². The Hall–Kier alpha value is -2.65. The monoisotopic (exact) mass is 407 g/mol. The first kappa shape index (κ1) is 19.7. The molecule has 1 aromatic carbocycles. The average molecular weight is 407 g/mol. The molecule has 3 N–H and O–H groups in total. The van der Waals surface area contributed by atoms with Crippen LogP contribution < -0.4 is 11.3 Å². The van der Waals surface area contributed by atoms with E-state index in [-0.39, 0.29) is 23.3 Å². The fraction of sp³-hybridized carbons (Fsp3) is 0.400. The molecule has 1 aromatic heterocycles. The minimum absolute atomic E-state index is 0.238. The summed E-state index contributed by atoms with van der Waals surface area (Å²) in [4.78, 5) is 27.2. The molecule has 9 heteroatoms. The summed E-state index contributed by atoms with van der Waals surface area (Å²) in [5.74, 6) is -1.08. The largest absolute Gasteiger partial charge is 0.431 e. The summed E-state index contributed by atoms with van der Waals surface area (Å²) in [5, 5.41) is 0. The minimum atomic E-state index is -4.78. The van der Waals surface area contributed by atoms with Gasteiger partial charge in [-0.25, -0.2) is 0 Å². The van der Waals surface area contributed by atoms with Crippen molar-refractivity contribution in [2.75, 3.05) is 13.1 Å². The molecule has 0 spiro atoms. The Morgan fingerprint density at radius 3 is 2.34 bits per heavy atom. The van der Waals surface area contributed by atoms with Crippen LogP contribution in [0, 0.1) is 0 Å². The Morgan fingerprint density at radius 1 is 1.17 bits per heavy atom. The number of hydrogen-bond acceptors (Lipinski definition) is 4. The van der Waals surface area contributed by atoms with Gasteiger partial charge < -0.3 is 15.5 Å². The molecule has 2 atom stereocenters. The van der Waals surface area contributed by atoms with Gasteiger partial charge in [-0.1, -0.05) is 24.3 Å². The first-order valence-electron chi connectivity index (χ1n) is 9.32. The van der Waals surface area contributed by atoms with Gasteiger partial charge in [0.2, 0.25) is 0 Å². The van der Waals surface area contributed by atoms with Crippen LogP contribution in [-0.2, 0) is 17.5 Å². The highest BCUT2D eigenvalue weighted by Crippen LogP contribution is 2.35. The molecule has 0 unspecified atom stereocenters. The van der Waals surface area contributed by atoms with Gasteiger partial charge in [0.15, 0.2) is 0 Å². The summed E-state index contributed by atoms with van der Waals surface area (Å²) < 4.78 is 46.0. The van der Waals surface area contributed by atoms with Gasteiger partial charge in [-0.15, -0.1) is 0 Å². The molecular formula is C20H20F3N3O3. The van der Waals surface area contributed by atoms with E-state index in [0.29, 0.717) is 6.54 Å². The van der Waals surface area contributed by atoms with E-state index in [4.69, 9.17) is 10.5 Å². The van der Waals surface area contributed by atoms with E-state index in [1.807, 2.05) is 0 Å². The maximum atomic E-state index is 13.4. The highest BCUT2D eigenvalue weighted by molar-refractivity contribution is 5.93. The Kier molecular flexibility index (Phi) is 4.95. The van der Waals surface area contributed by atoms with Crippen molar-refractivity contribution < 1.29 is 22.7 Å². The lowest BCUT2D eigenvalue weighted by molar-refractivity contribution is -0.140. The van der Waals surface area contributed by atoms with Gasteiger partial charge in [-0.3, -0.25) is 14.5 Å². The van der Waals surface area contributed by atoms with Gasteiger partial charge in [-0.05, 0) is 30.0 Å². The molecule has 154 valence electrons. The number of hydrogen-bond donors (Lipinski definition) is 2. The van der Waals surface area contributed by atoms with Crippen molar-refractivity contribution in [2.24, 2.45) is 5.73 Å². The fourth-order valence-corrected chi connectivity index (χ4v) is 4.04. The van der Waals surface area contributed by atoms with E-state index in [0.717, 1.165) is 37.6 Å². The number of H-pyrrole nitrogens is 1. The van der Waals surface area contributed by atoms with Crippen LogP contribution in [0.15, 0.2) is 35.1 Å². The quantitative estimate of drug-likeness (QED) is 0.815. The average Bonchev–Trinajstić information content (AvgIpc) is 2.99. The van der Waals surface area contributed by atoms with Crippen LogP contribution in [0.5, 0.6) is 0 Å². The number of amides is 1. The lowest BCUT2D eigenvalue weighted by Gasteiger charge is -2.32. The third-order valence-electron chi connectivity index (χ3n) is 5.38. The topological polar surface area (TPSA) is 88.4 Å². The van der Waals surface area contributed by atoms with Gasteiger partial charge in [0, 0.05) is 25.2 Å². The number of fused-ring (bicyclic) bond motifs is 2. The molecule has 6 nitrogen and oxygen atoms in total. The molecular weight excluding hydrogens is 387 g/mol. The van der Waals surface area contributed by atoms with Crippen LogP contribution in [0.3, 0.4) is 0 Å². The second kappa shape index (κ2) is 7.31. The summed E-state index contributed by atoms with van der Waals surface area (Å²) in [6, 6.07) is 7.51. The van der Waals surface area contributed by atoms with E-state index in [1.165, 1.54) is 0 Å². The van der Waals surface area contributed by atoms with E-state index in [1.54, 1.807) is 29.2 Å². The molecule has 0 aliphatic carbocycles. The Morgan fingerprint density at radius 2 is 1.79 bits per heavy atom. The van der Waals surface area contributed by atoms with Crippen molar-refractivity contribution in [2.45, 2.75) is 37.8 Å². The molecule has 2 fully saturated rings. The first-order valence-corrected chi connectivity index (χ1v) is 9.32. The number of benzene rings is 1. The van der Waals surface area contributed by atoms with Crippen LogP contribution in [0.1, 0.15) is 34.5 Å². The summed E-state index contributed by atoms with van der Waals surface area (Å²) >= 11 is 0. The number of halogens is 3. The molecule has 2 bridgehead atoms. The zero-order valence-corrected chi connectivity index (χ0v) is 15.5. The van der Waals surface area contributed by atoms with Gasteiger partial charge in [0.05, 0.1) is 12.2 Å². The Balaban J connectivity index is 1.62. The lowest BCUT2D eigenvalue weighted by atomic mass is 10.00. The Bertz CT molecular complexity index is 973. The molecule has 2 aliphatic rings. The van der Waals surface area contributed by atoms with Crippen molar-refractivity contribution in [1.82, 2.24) is 9.88 Å². The molecule has 2 aliphatic heterocycles. The molecule has 0 radical (unpaired) electrons. The highest BCUT2D eigenvalue weighted by Gasteiger charge is 2.36. The highest BCUT2D eigenvalue weighted by atomic mass is 19.4. The van der Waals surface area contributed by atoms with Crippen molar-refractivity contribution in [3.63, 3.8) is 0 Å². The number of carbonyl (C=O) groups is 1. The summed E-state index contributed by atoms with van der Waals surface area (Å²) in [6.07, 6.45) is -2.13. The van der Waals surface area contributed by atoms with Gasteiger partial charge in [-0.2, -0.15) is 13.2 Å². The second-order valence-electron chi connectivity index (χ2n) is 7.51. The molecule has 2 saturated heterocycles. The zero-order valence-electron chi connectivity index (χ0n) is 15.5. The molecule has 0 saturated carbocycles. The van der Waals surface area contributed by atoms with Gasteiger partial charge in [0.1, 0.15) is 11.3 Å². The number of nitrogens with one attached hydrogen (secondary N) is 1. The number of nitrogens with two attached hydrogens (primary N) is 1. The molecule has 3 heterocycles. The van der Waals surface area contributed by atoms with Crippen LogP contribution in [0.2, 0.25) is 0 Å². The molecule has 2 aromatic rings. The number of pyridine rings is 1. The first-order chi connectivity index (χ1) is 13.7. The SMILES string of the molecule is NC(=O)c1cc(-c2ccc(CN3C[C@H]4CC[C@@H](C3)O4)cc2)c(C(F)(F)F)[nH]c1=O. The van der Waals surface area contributed by atoms with Gasteiger partial charge in [0.25, 0.3) is 11.5 Å². The summed E-state index contributed by atoms with van der Waals surface area (Å²) in [6.45, 7) is 2.37. The number of carbonyl (C=O) groups excluding carboxylic acids is 1. The predicted molar refractivity (Wildman–Crippen MR) is 99.2 cm³/mol. The zero-order chi connectivity index (χ0) is 20.8. The van der Waals surface area contributed by atoms with E-state index >= 15 is 0 Å². The number of alkyl halides is 3. The number of aromatic nitrogens is 1. The lowest BCUT2D eigenvalue weighted by Crippen LogP contribution is -2.41. The molecule has 29 heavy (non-hydrogen) atoms. The third-order valence-corrected chi connectivity index (χ3v) is 5.38. The Labute approximate surface area is 164 Å². The maximum absolute atomic E-state index is 13.4. The minimum Gasteiger partial charge on any atom is -0.372 e. The third kappa shape index (κ3) is 4.06. The number of aromatic amines is 1. The van der Waals surface area contributed by atoms with Crippen LogP contribution in [0.4, 0.5) is 13.2 Å². The second-order valence-corrected chi connectivity index (χ2v) is 7.51. The van der Waals surface area contributed by atoms with E-state index in [9.17, 15) is 22.8 Å². The normalized spacial score (nSPS) is 22.0. The summed E-state index contributed by atoms with van der Waals surface area (Å²) in [7, 11) is 0. The smallest absolute Gasteiger partial charge is 0.372 e. The molecule has 1 amide bonds. The van der Waals surface area contributed by atoms with Crippen molar-refractivity contribution in [1.29, 1.82) is 0 Å². The number of rotatable bonds is 4. The fourth-order valence-electron chi connectivity index (χ4n) is 4.04. The van der Waals surface area contributed by atoms with Crippen molar-refractivity contribution >= 4 is 5.91 Å². The number of nitrogens with zero attached hydrogens (tertiary/aromatic N) is 1. The predicted octanol–water partition coefficient (Wildman–Crippen LogP) is 2.52. The maximum Gasteiger partial charge on any atom is 0.431 e. The number of likely N-dealkylation sites (tertiary alicyclic amines) is 1. The molecule has 4 rings (SSSR count). The van der Waals surface area contributed by atoms with E-state index < -0.39 is 28.9 Å². The van der Waals surface area contributed by atoms with Crippen molar-refractivity contribution in [3.8, 4) is 11.1 Å². The number of morpholine rings is 1. The standard InChI is InChI=1S/C20H20F3N3O3/c21-20(22,23)17-15(7-16(18(24)27)19(28)25-17)12-3-1-11(2-4-12)8-26-9-13-5-6-14(10-26)29-13/h1-4,7,13-14H,5-6,8-10H2,(H2,24,27)(H,25,28)/t13-,14+. The van der Waals surface area contributed by atoms with Crippen LogP contribution in [0.25, 0.3) is 11.1 Å². The van der Waals surface area contributed by atoms with Gasteiger partial charge >= 0.3 is 6.18 Å². The summed E-state index contributed by atoms with van der Waals surface area (Å²) in [5.41, 5.74) is 3.15. The number of ether oxygens (including phenoxy) is 1. The number of primary amides is 1. The van der Waals surface area contributed by atoms with Crippen LogP contribution in [-0.4, -0.2) is 41.1 Å². The van der Waals surface area contributed by atoms with E-state index in [2.05, 4.69) is 4.90 Å².